The molecule has 1 aliphatic heterocycles. The third kappa shape index (κ3) is 3.76. The second kappa shape index (κ2) is 7.25. The fourth-order valence-electron chi connectivity index (χ4n) is 3.77. The van der Waals surface area contributed by atoms with Gasteiger partial charge in [0.2, 0.25) is 5.91 Å². The van der Waals surface area contributed by atoms with Gasteiger partial charge in [0.25, 0.3) is 0 Å². The van der Waals surface area contributed by atoms with Gasteiger partial charge in [-0.25, -0.2) is 4.79 Å². The summed E-state index contributed by atoms with van der Waals surface area (Å²) < 4.78 is 5.26. The maximum atomic E-state index is 12.7. The van der Waals surface area contributed by atoms with Crippen LogP contribution in [0.2, 0.25) is 0 Å². The number of methoxy groups -OCH3 is 1. The van der Waals surface area contributed by atoms with Crippen LogP contribution in [0.5, 0.6) is 0 Å². The van der Waals surface area contributed by atoms with Crippen LogP contribution >= 0.6 is 0 Å². The van der Waals surface area contributed by atoms with Gasteiger partial charge in [-0.05, 0) is 18.8 Å². The molecule has 0 spiro atoms. The van der Waals surface area contributed by atoms with Crippen LogP contribution in [0.25, 0.3) is 0 Å². The minimum Gasteiger partial charge on any atom is -0.480 e. The molecule has 2 aliphatic rings. The minimum atomic E-state index is -0.918. The van der Waals surface area contributed by atoms with Crippen molar-refractivity contribution in [1.29, 1.82) is 0 Å². The van der Waals surface area contributed by atoms with E-state index in [1.165, 1.54) is 25.7 Å². The van der Waals surface area contributed by atoms with Gasteiger partial charge in [-0.3, -0.25) is 4.79 Å². The van der Waals surface area contributed by atoms with Gasteiger partial charge in [0.15, 0.2) is 0 Å². The molecule has 120 valence electrons. The van der Waals surface area contributed by atoms with Crippen molar-refractivity contribution in [3.05, 3.63) is 0 Å². The number of aliphatic carboxylic acids is 1. The Morgan fingerprint density at radius 1 is 1.33 bits per heavy atom. The second-order valence-electron chi connectivity index (χ2n) is 6.43. The van der Waals surface area contributed by atoms with E-state index in [1.807, 2.05) is 6.92 Å². The highest BCUT2D eigenvalue weighted by Gasteiger charge is 2.41. The van der Waals surface area contributed by atoms with E-state index in [0.29, 0.717) is 18.9 Å². The van der Waals surface area contributed by atoms with Crippen molar-refractivity contribution in [3.63, 3.8) is 0 Å². The van der Waals surface area contributed by atoms with Crippen molar-refractivity contribution in [3.8, 4) is 0 Å². The zero-order valence-electron chi connectivity index (χ0n) is 13.1. The van der Waals surface area contributed by atoms with E-state index in [4.69, 9.17) is 4.74 Å². The molecule has 5 heteroatoms. The maximum absolute atomic E-state index is 12.7. The van der Waals surface area contributed by atoms with Gasteiger partial charge in [-0.1, -0.05) is 32.6 Å². The lowest BCUT2D eigenvalue weighted by atomic mass is 9.90. The maximum Gasteiger partial charge on any atom is 0.326 e. The molecule has 5 nitrogen and oxygen atoms in total. The van der Waals surface area contributed by atoms with Crippen LogP contribution in [0.3, 0.4) is 0 Å². The predicted molar refractivity (Wildman–Crippen MR) is 78.9 cm³/mol. The normalized spacial score (nSPS) is 28.0. The van der Waals surface area contributed by atoms with Gasteiger partial charge < -0.3 is 14.7 Å². The topological polar surface area (TPSA) is 66.8 Å². The number of carbonyl (C=O) groups is 2. The Labute approximate surface area is 126 Å². The number of hydrogen-bond donors (Lipinski definition) is 1. The van der Waals surface area contributed by atoms with E-state index in [2.05, 4.69) is 0 Å². The van der Waals surface area contributed by atoms with Crippen molar-refractivity contribution in [2.24, 2.45) is 11.8 Å². The summed E-state index contributed by atoms with van der Waals surface area (Å²) in [7, 11) is 1.58. The lowest BCUT2D eigenvalue weighted by molar-refractivity contribution is -0.150. The molecule has 1 amide bonds. The average Bonchev–Trinajstić information content (AvgIpc) is 3.12. The van der Waals surface area contributed by atoms with Gasteiger partial charge in [0.1, 0.15) is 6.04 Å². The van der Waals surface area contributed by atoms with Crippen molar-refractivity contribution in [2.45, 2.75) is 64.0 Å². The lowest BCUT2D eigenvalue weighted by Crippen LogP contribution is -2.44. The van der Waals surface area contributed by atoms with E-state index in [1.54, 1.807) is 12.0 Å². The molecule has 1 aliphatic carbocycles. The molecular weight excluding hydrogens is 270 g/mol. The second-order valence-corrected chi connectivity index (χ2v) is 6.43. The molecular formula is C16H27NO4. The predicted octanol–water partition coefficient (Wildman–Crippen LogP) is 2.29. The van der Waals surface area contributed by atoms with E-state index < -0.39 is 12.0 Å². The Hall–Kier alpha value is -1.10. The van der Waals surface area contributed by atoms with Crippen molar-refractivity contribution < 1.29 is 19.4 Å². The Balaban J connectivity index is 2.02. The third-order valence-electron chi connectivity index (χ3n) is 5.10. The van der Waals surface area contributed by atoms with Gasteiger partial charge in [-0.2, -0.15) is 0 Å². The number of ether oxygens (including phenoxy) is 1. The first-order valence-electron chi connectivity index (χ1n) is 8.12. The Kier molecular flexibility index (Phi) is 5.62. The molecule has 0 aromatic carbocycles. The third-order valence-corrected chi connectivity index (χ3v) is 5.10. The number of carboxylic acid groups (broad SMARTS) is 1. The molecule has 2 rings (SSSR count). The van der Waals surface area contributed by atoms with Crippen molar-refractivity contribution in [1.82, 2.24) is 4.90 Å². The summed E-state index contributed by atoms with van der Waals surface area (Å²) in [6, 6.07) is -0.722. The van der Waals surface area contributed by atoms with E-state index >= 15 is 0 Å². The molecule has 3 unspecified atom stereocenters. The highest BCUT2D eigenvalue weighted by atomic mass is 16.5. The molecule has 2 fully saturated rings. The highest BCUT2D eigenvalue weighted by Crippen LogP contribution is 2.33. The number of amides is 1. The monoisotopic (exact) mass is 297 g/mol. The Bertz CT molecular complexity index is 378. The molecule has 1 N–H and O–H groups in total. The summed E-state index contributed by atoms with van der Waals surface area (Å²) in [5.41, 5.74) is 0. The van der Waals surface area contributed by atoms with E-state index in [9.17, 15) is 14.7 Å². The molecule has 0 radical (unpaired) electrons. The highest BCUT2D eigenvalue weighted by molar-refractivity contribution is 5.85. The molecule has 0 bridgehead atoms. The van der Waals surface area contributed by atoms with Crippen LogP contribution in [0, 0.1) is 11.8 Å². The molecule has 0 aromatic rings. The number of carbonyl (C=O) groups excluding carboxylic acids is 1. The number of likely N-dealkylation sites (tertiary alicyclic amines) is 1. The summed E-state index contributed by atoms with van der Waals surface area (Å²) >= 11 is 0. The fraction of sp³-hybridized carbons (Fsp3) is 0.875. The number of nitrogens with zero attached hydrogens (tertiary/aromatic N) is 1. The molecule has 21 heavy (non-hydrogen) atoms. The fourth-order valence-corrected chi connectivity index (χ4v) is 3.77. The molecule has 1 saturated heterocycles. The standard InChI is InChI=1S/C16H27NO4/c1-3-12(8-11-6-4-5-7-11)15(18)17-10-13(21-2)9-14(17)16(19)20/h11-14H,3-10H2,1-2H3,(H,19,20). The first-order valence-corrected chi connectivity index (χ1v) is 8.12. The van der Waals surface area contributed by atoms with E-state index in [-0.39, 0.29) is 17.9 Å². The Morgan fingerprint density at radius 3 is 2.52 bits per heavy atom. The van der Waals surface area contributed by atoms with Gasteiger partial charge in [0.05, 0.1) is 6.10 Å². The first kappa shape index (κ1) is 16.3. The minimum absolute atomic E-state index is 0.0105. The van der Waals surface area contributed by atoms with Crippen LogP contribution in [0.15, 0.2) is 0 Å². The van der Waals surface area contributed by atoms with Gasteiger partial charge in [-0.15, -0.1) is 0 Å². The van der Waals surface area contributed by atoms with Crippen molar-refractivity contribution in [2.75, 3.05) is 13.7 Å². The van der Waals surface area contributed by atoms with Crippen LogP contribution in [-0.4, -0.2) is 47.7 Å². The summed E-state index contributed by atoms with van der Waals surface area (Å²) in [5, 5.41) is 9.34. The molecule has 1 heterocycles. The summed E-state index contributed by atoms with van der Waals surface area (Å²) in [6.07, 6.45) is 6.91. The summed E-state index contributed by atoms with van der Waals surface area (Å²) in [5.74, 6) is -0.302. The van der Waals surface area contributed by atoms with Crippen LogP contribution in [0.4, 0.5) is 0 Å². The summed E-state index contributed by atoms with van der Waals surface area (Å²) in [4.78, 5) is 25.7. The quantitative estimate of drug-likeness (QED) is 0.817. The average molecular weight is 297 g/mol. The first-order chi connectivity index (χ1) is 10.1. The van der Waals surface area contributed by atoms with Crippen LogP contribution in [0.1, 0.15) is 51.9 Å². The molecule has 3 atom stereocenters. The smallest absolute Gasteiger partial charge is 0.326 e. The van der Waals surface area contributed by atoms with E-state index in [0.717, 1.165) is 12.8 Å². The lowest BCUT2D eigenvalue weighted by Gasteiger charge is -2.27. The molecule has 1 saturated carbocycles. The van der Waals surface area contributed by atoms with Gasteiger partial charge >= 0.3 is 5.97 Å². The number of rotatable bonds is 6. The summed E-state index contributed by atoms with van der Waals surface area (Å²) in [6.45, 7) is 2.44. The number of hydrogen-bond acceptors (Lipinski definition) is 3. The van der Waals surface area contributed by atoms with Gasteiger partial charge in [0, 0.05) is 26.0 Å². The van der Waals surface area contributed by atoms with Crippen LogP contribution < -0.4 is 0 Å². The zero-order chi connectivity index (χ0) is 15.4. The number of carboxylic acids is 1. The van der Waals surface area contributed by atoms with Crippen molar-refractivity contribution >= 4 is 11.9 Å². The zero-order valence-corrected chi connectivity index (χ0v) is 13.1. The van der Waals surface area contributed by atoms with Crippen LogP contribution in [-0.2, 0) is 14.3 Å². The largest absolute Gasteiger partial charge is 0.480 e. The SMILES string of the molecule is CCC(CC1CCCC1)C(=O)N1CC(OC)CC1C(=O)O. The Morgan fingerprint density at radius 2 is 2.00 bits per heavy atom. The molecule has 0 aromatic heterocycles.